The number of carbonyl (C=O) groups excluding carboxylic acids is 1. The number of hydrogen-bond donors (Lipinski definition) is 1. The summed E-state index contributed by atoms with van der Waals surface area (Å²) in [6.07, 6.45) is 0.305. The summed E-state index contributed by atoms with van der Waals surface area (Å²) < 4.78 is 5.07. The Morgan fingerprint density at radius 2 is 1.82 bits per heavy atom. The average Bonchev–Trinajstić information content (AvgIpc) is 2.78. The number of aryl methyl sites for hydroxylation is 2. The van der Waals surface area contributed by atoms with Gasteiger partial charge in [-0.25, -0.2) is 0 Å². The molecule has 0 saturated carbocycles. The van der Waals surface area contributed by atoms with Gasteiger partial charge < -0.3 is 14.7 Å². The number of rotatable bonds is 6. The van der Waals surface area contributed by atoms with E-state index in [0.29, 0.717) is 18.7 Å². The van der Waals surface area contributed by atoms with Gasteiger partial charge in [-0.05, 0) is 39.1 Å². The minimum Gasteiger partial charge on any atom is -0.361 e. The maximum atomic E-state index is 12.0. The van der Waals surface area contributed by atoms with Crippen molar-refractivity contribution in [3.63, 3.8) is 0 Å². The van der Waals surface area contributed by atoms with Crippen molar-refractivity contribution in [2.24, 2.45) is 0 Å². The summed E-state index contributed by atoms with van der Waals surface area (Å²) in [5, 5.41) is 6.79. The molecule has 1 heterocycles. The topological polar surface area (TPSA) is 58.4 Å². The first-order valence-corrected chi connectivity index (χ1v) is 7.36. The number of aromatic nitrogens is 1. The molecule has 1 aromatic heterocycles. The molecule has 0 fully saturated rings. The van der Waals surface area contributed by atoms with Crippen LogP contribution in [0.15, 0.2) is 28.8 Å². The third kappa shape index (κ3) is 4.43. The molecule has 0 aliphatic heterocycles. The molecule has 5 nitrogen and oxygen atoms in total. The van der Waals surface area contributed by atoms with Crippen LogP contribution in [0.2, 0.25) is 0 Å². The van der Waals surface area contributed by atoms with E-state index < -0.39 is 0 Å². The zero-order valence-electron chi connectivity index (χ0n) is 13.6. The minimum absolute atomic E-state index is 0.0215. The lowest BCUT2D eigenvalue weighted by molar-refractivity contribution is -0.120. The number of benzene rings is 1. The summed E-state index contributed by atoms with van der Waals surface area (Å²) in [6.45, 7) is 5.12. The standard InChI is InChI=1S/C17H23N3O2/c1-12-16(13(2)22-19-12)9-17(21)18-10-14-5-7-15(8-6-14)11-20(3)4/h5-8H,9-11H2,1-4H3,(H,18,21). The molecule has 0 spiro atoms. The summed E-state index contributed by atoms with van der Waals surface area (Å²) in [5.41, 5.74) is 4.00. The van der Waals surface area contributed by atoms with E-state index in [1.54, 1.807) is 0 Å². The Kier molecular flexibility index (Phi) is 5.33. The van der Waals surface area contributed by atoms with Crippen LogP contribution < -0.4 is 5.32 Å². The van der Waals surface area contributed by atoms with Gasteiger partial charge in [0.05, 0.1) is 12.1 Å². The molecule has 0 aliphatic carbocycles. The first-order valence-electron chi connectivity index (χ1n) is 7.36. The van der Waals surface area contributed by atoms with E-state index >= 15 is 0 Å². The largest absolute Gasteiger partial charge is 0.361 e. The molecule has 0 bridgehead atoms. The van der Waals surface area contributed by atoms with Crippen molar-refractivity contribution >= 4 is 5.91 Å². The first-order chi connectivity index (χ1) is 10.5. The van der Waals surface area contributed by atoms with E-state index in [1.165, 1.54) is 5.56 Å². The second-order valence-corrected chi connectivity index (χ2v) is 5.81. The van der Waals surface area contributed by atoms with Crippen molar-refractivity contribution in [1.82, 2.24) is 15.4 Å². The normalized spacial score (nSPS) is 11.0. The third-order valence-electron chi connectivity index (χ3n) is 3.53. The number of hydrogen-bond acceptors (Lipinski definition) is 4. The zero-order chi connectivity index (χ0) is 16.1. The Morgan fingerprint density at radius 3 is 2.36 bits per heavy atom. The number of amides is 1. The lowest BCUT2D eigenvalue weighted by Gasteiger charge is -2.10. The van der Waals surface area contributed by atoms with Crippen LogP contribution >= 0.6 is 0 Å². The van der Waals surface area contributed by atoms with Crippen LogP contribution in [0.5, 0.6) is 0 Å². The van der Waals surface area contributed by atoms with Crippen molar-refractivity contribution in [2.75, 3.05) is 14.1 Å². The summed E-state index contributed by atoms with van der Waals surface area (Å²) in [7, 11) is 4.09. The molecule has 0 atom stereocenters. The third-order valence-corrected chi connectivity index (χ3v) is 3.53. The van der Waals surface area contributed by atoms with Gasteiger partial charge in [0, 0.05) is 18.7 Å². The van der Waals surface area contributed by atoms with Gasteiger partial charge >= 0.3 is 0 Å². The van der Waals surface area contributed by atoms with Crippen LogP contribution in [0.4, 0.5) is 0 Å². The quantitative estimate of drug-likeness (QED) is 0.889. The van der Waals surface area contributed by atoms with E-state index in [-0.39, 0.29) is 5.91 Å². The lowest BCUT2D eigenvalue weighted by atomic mass is 10.1. The molecule has 0 aliphatic rings. The van der Waals surface area contributed by atoms with Gasteiger partial charge in [-0.3, -0.25) is 4.79 Å². The molecule has 22 heavy (non-hydrogen) atoms. The van der Waals surface area contributed by atoms with Gasteiger partial charge in [0.1, 0.15) is 5.76 Å². The van der Waals surface area contributed by atoms with Gasteiger partial charge in [0.2, 0.25) is 5.91 Å². The number of carbonyl (C=O) groups is 1. The Balaban J connectivity index is 1.86. The monoisotopic (exact) mass is 301 g/mol. The fraction of sp³-hybridized carbons (Fsp3) is 0.412. The van der Waals surface area contributed by atoms with Crippen LogP contribution in [0, 0.1) is 13.8 Å². The minimum atomic E-state index is -0.0215. The average molecular weight is 301 g/mol. The molecule has 5 heteroatoms. The number of nitrogens with one attached hydrogen (secondary N) is 1. The maximum Gasteiger partial charge on any atom is 0.224 e. The van der Waals surface area contributed by atoms with Gasteiger partial charge in [0.15, 0.2) is 0 Å². The smallest absolute Gasteiger partial charge is 0.224 e. The summed E-state index contributed by atoms with van der Waals surface area (Å²) in [6, 6.07) is 8.29. The Bertz CT molecular complexity index is 610. The first kappa shape index (κ1) is 16.2. The molecule has 0 saturated heterocycles. The van der Waals surface area contributed by atoms with Crippen molar-refractivity contribution in [3.05, 3.63) is 52.4 Å². The van der Waals surface area contributed by atoms with Gasteiger partial charge in [-0.1, -0.05) is 29.4 Å². The van der Waals surface area contributed by atoms with E-state index in [9.17, 15) is 4.79 Å². The van der Waals surface area contributed by atoms with Crippen LogP contribution in [-0.2, 0) is 24.3 Å². The maximum absolute atomic E-state index is 12.0. The van der Waals surface area contributed by atoms with Crippen LogP contribution in [-0.4, -0.2) is 30.1 Å². The Morgan fingerprint density at radius 1 is 1.18 bits per heavy atom. The van der Waals surface area contributed by atoms with Crippen LogP contribution in [0.3, 0.4) is 0 Å². The molecular weight excluding hydrogens is 278 g/mol. The number of nitrogens with zero attached hydrogens (tertiary/aromatic N) is 2. The molecule has 2 rings (SSSR count). The predicted molar refractivity (Wildman–Crippen MR) is 85.4 cm³/mol. The molecular formula is C17H23N3O2. The molecule has 118 valence electrons. The second kappa shape index (κ2) is 7.22. The molecule has 0 unspecified atom stereocenters. The summed E-state index contributed by atoms with van der Waals surface area (Å²) in [5.74, 6) is 0.687. The van der Waals surface area contributed by atoms with Gasteiger partial charge in [-0.2, -0.15) is 0 Å². The van der Waals surface area contributed by atoms with Crippen molar-refractivity contribution in [3.8, 4) is 0 Å². The molecule has 0 radical (unpaired) electrons. The van der Waals surface area contributed by atoms with Crippen LogP contribution in [0.25, 0.3) is 0 Å². The Hall–Kier alpha value is -2.14. The van der Waals surface area contributed by atoms with Crippen molar-refractivity contribution < 1.29 is 9.32 Å². The SMILES string of the molecule is Cc1noc(C)c1CC(=O)NCc1ccc(CN(C)C)cc1. The van der Waals surface area contributed by atoms with Gasteiger partial charge in [0.25, 0.3) is 0 Å². The fourth-order valence-electron chi connectivity index (χ4n) is 2.31. The van der Waals surface area contributed by atoms with Gasteiger partial charge in [-0.15, -0.1) is 0 Å². The highest BCUT2D eigenvalue weighted by atomic mass is 16.5. The molecule has 2 aromatic rings. The second-order valence-electron chi connectivity index (χ2n) is 5.81. The van der Waals surface area contributed by atoms with E-state index in [4.69, 9.17) is 4.52 Å². The summed E-state index contributed by atoms with van der Waals surface area (Å²) >= 11 is 0. The molecule has 1 amide bonds. The fourth-order valence-corrected chi connectivity index (χ4v) is 2.31. The van der Waals surface area contributed by atoms with E-state index in [2.05, 4.69) is 39.6 Å². The van der Waals surface area contributed by atoms with Crippen molar-refractivity contribution in [2.45, 2.75) is 33.4 Å². The summed E-state index contributed by atoms with van der Waals surface area (Å²) in [4.78, 5) is 14.1. The van der Waals surface area contributed by atoms with E-state index in [0.717, 1.165) is 23.4 Å². The van der Waals surface area contributed by atoms with E-state index in [1.807, 2.05) is 27.9 Å². The predicted octanol–water partition coefficient (Wildman–Crippen LogP) is 2.21. The van der Waals surface area contributed by atoms with Crippen molar-refractivity contribution in [1.29, 1.82) is 0 Å². The lowest BCUT2D eigenvalue weighted by Crippen LogP contribution is -2.25. The van der Waals surface area contributed by atoms with Crippen LogP contribution in [0.1, 0.15) is 28.1 Å². The highest BCUT2D eigenvalue weighted by Gasteiger charge is 2.13. The molecule has 1 N–H and O–H groups in total. The Labute approximate surface area is 131 Å². The molecule has 1 aromatic carbocycles. The zero-order valence-corrected chi connectivity index (χ0v) is 13.6. The highest BCUT2D eigenvalue weighted by Crippen LogP contribution is 2.13. The highest BCUT2D eigenvalue weighted by molar-refractivity contribution is 5.78.